The highest BCUT2D eigenvalue weighted by molar-refractivity contribution is 5.47. The molecule has 1 nitrogen and oxygen atoms in total. The van der Waals surface area contributed by atoms with Crippen LogP contribution >= 0.6 is 0 Å². The van der Waals surface area contributed by atoms with Crippen molar-refractivity contribution < 1.29 is 0 Å². The van der Waals surface area contributed by atoms with Crippen LogP contribution in [0.2, 0.25) is 0 Å². The van der Waals surface area contributed by atoms with Crippen LogP contribution in [0, 0.1) is 12.8 Å². The Bertz CT molecular complexity index is 276. The van der Waals surface area contributed by atoms with Crippen molar-refractivity contribution in [3.8, 4) is 0 Å². The molecule has 0 aromatic heterocycles. The summed E-state index contributed by atoms with van der Waals surface area (Å²) in [5.74, 6) is 0.776. The maximum absolute atomic E-state index is 5.74. The van der Waals surface area contributed by atoms with E-state index in [4.69, 9.17) is 5.73 Å². The van der Waals surface area contributed by atoms with E-state index < -0.39 is 0 Å². The molecule has 0 heterocycles. The fourth-order valence-electron chi connectivity index (χ4n) is 1.35. The normalized spacial score (nSPS) is 10.8. The molecule has 0 fully saturated rings. The van der Waals surface area contributed by atoms with Crippen molar-refractivity contribution in [1.29, 1.82) is 0 Å². The summed E-state index contributed by atoms with van der Waals surface area (Å²) in [6.07, 6.45) is 2.42. The highest BCUT2D eigenvalue weighted by Gasteiger charge is 1.98. The van der Waals surface area contributed by atoms with Gasteiger partial charge in [-0.3, -0.25) is 0 Å². The van der Waals surface area contributed by atoms with Crippen LogP contribution in [0.3, 0.4) is 0 Å². The second-order valence-corrected chi connectivity index (χ2v) is 4.12. The zero-order valence-electron chi connectivity index (χ0n) is 8.80. The summed E-state index contributed by atoms with van der Waals surface area (Å²) in [5, 5.41) is 0. The molecule has 0 atom stereocenters. The molecule has 0 saturated heterocycles. The van der Waals surface area contributed by atoms with Gasteiger partial charge in [-0.05, 0) is 42.9 Å². The van der Waals surface area contributed by atoms with Gasteiger partial charge in [0.25, 0.3) is 0 Å². The van der Waals surface area contributed by atoms with E-state index in [9.17, 15) is 0 Å². The Morgan fingerprint density at radius 2 is 2.00 bits per heavy atom. The molecule has 1 rings (SSSR count). The summed E-state index contributed by atoms with van der Waals surface area (Å²) < 4.78 is 0. The highest BCUT2D eigenvalue weighted by Crippen LogP contribution is 2.15. The predicted molar refractivity (Wildman–Crippen MR) is 58.8 cm³/mol. The van der Waals surface area contributed by atoms with Crippen molar-refractivity contribution in [1.82, 2.24) is 0 Å². The van der Waals surface area contributed by atoms with Crippen LogP contribution in [0.15, 0.2) is 18.2 Å². The number of nitrogens with two attached hydrogens (primary N) is 1. The second kappa shape index (κ2) is 4.31. The molecule has 0 aliphatic heterocycles. The minimum Gasteiger partial charge on any atom is -0.399 e. The van der Waals surface area contributed by atoms with Gasteiger partial charge in [0.1, 0.15) is 0 Å². The van der Waals surface area contributed by atoms with Crippen LogP contribution in [0.1, 0.15) is 31.4 Å². The van der Waals surface area contributed by atoms with Gasteiger partial charge in [-0.2, -0.15) is 0 Å². The van der Waals surface area contributed by atoms with Crippen LogP contribution < -0.4 is 5.73 Å². The van der Waals surface area contributed by atoms with E-state index in [0.29, 0.717) is 0 Å². The fraction of sp³-hybridized carbons (Fsp3) is 0.500. The van der Waals surface area contributed by atoms with Crippen molar-refractivity contribution >= 4 is 5.69 Å². The summed E-state index contributed by atoms with van der Waals surface area (Å²) in [6, 6.07) is 6.33. The van der Waals surface area contributed by atoms with E-state index in [1.54, 1.807) is 0 Å². The molecule has 72 valence electrons. The van der Waals surface area contributed by atoms with Gasteiger partial charge in [-0.1, -0.05) is 26.0 Å². The average molecular weight is 177 g/mol. The van der Waals surface area contributed by atoms with Gasteiger partial charge in [-0.15, -0.1) is 0 Å². The van der Waals surface area contributed by atoms with E-state index >= 15 is 0 Å². The molecule has 0 bridgehead atoms. The maximum atomic E-state index is 5.74. The lowest BCUT2D eigenvalue weighted by atomic mass is 10.0. The highest BCUT2D eigenvalue weighted by atomic mass is 14.5. The van der Waals surface area contributed by atoms with E-state index in [2.05, 4.69) is 32.9 Å². The number of hydrogen-bond donors (Lipinski definition) is 1. The minimum absolute atomic E-state index is 0.776. The number of hydrogen-bond acceptors (Lipinski definition) is 1. The van der Waals surface area contributed by atoms with Crippen LogP contribution in [0.4, 0.5) is 5.69 Å². The van der Waals surface area contributed by atoms with Crippen LogP contribution in [-0.2, 0) is 6.42 Å². The first-order chi connectivity index (χ1) is 6.09. The van der Waals surface area contributed by atoms with Gasteiger partial charge >= 0.3 is 0 Å². The van der Waals surface area contributed by atoms with E-state index in [0.717, 1.165) is 11.6 Å². The molecule has 0 radical (unpaired) electrons. The lowest BCUT2D eigenvalue weighted by molar-refractivity contribution is 0.586. The third-order valence-electron chi connectivity index (χ3n) is 2.34. The third kappa shape index (κ3) is 3.10. The lowest BCUT2D eigenvalue weighted by Crippen LogP contribution is -1.95. The molecule has 1 aromatic carbocycles. The molecule has 2 N–H and O–H groups in total. The van der Waals surface area contributed by atoms with E-state index in [1.165, 1.54) is 24.0 Å². The summed E-state index contributed by atoms with van der Waals surface area (Å²) in [5.41, 5.74) is 9.24. The topological polar surface area (TPSA) is 26.0 Å². The lowest BCUT2D eigenvalue weighted by Gasteiger charge is -2.06. The molecule has 0 spiro atoms. The van der Waals surface area contributed by atoms with Crippen LogP contribution in [0.25, 0.3) is 0 Å². The number of anilines is 1. The van der Waals surface area contributed by atoms with Crippen molar-refractivity contribution in [2.24, 2.45) is 5.92 Å². The van der Waals surface area contributed by atoms with Crippen LogP contribution in [-0.4, -0.2) is 0 Å². The predicted octanol–water partition coefficient (Wildman–Crippen LogP) is 3.17. The molecule has 13 heavy (non-hydrogen) atoms. The Hall–Kier alpha value is -0.980. The first-order valence-electron chi connectivity index (χ1n) is 4.94. The van der Waals surface area contributed by atoms with Gasteiger partial charge < -0.3 is 5.73 Å². The summed E-state index contributed by atoms with van der Waals surface area (Å²) in [4.78, 5) is 0. The van der Waals surface area contributed by atoms with Crippen molar-refractivity contribution in [3.05, 3.63) is 29.3 Å². The molecule has 1 heteroatoms. The fourth-order valence-corrected chi connectivity index (χ4v) is 1.35. The number of benzene rings is 1. The average Bonchev–Trinajstić information content (AvgIpc) is 2.07. The van der Waals surface area contributed by atoms with E-state index in [1.807, 2.05) is 6.07 Å². The standard InChI is InChI=1S/C12H19N/c1-9(2)4-5-11-6-7-12(13)10(3)8-11/h6-9H,4-5,13H2,1-3H3. The SMILES string of the molecule is Cc1cc(CCC(C)C)ccc1N. The van der Waals surface area contributed by atoms with Gasteiger partial charge in [0.2, 0.25) is 0 Å². The number of nitrogen functional groups attached to an aromatic ring is 1. The Balaban J connectivity index is 2.63. The molecule has 0 amide bonds. The number of aryl methyl sites for hydroxylation is 2. The van der Waals surface area contributed by atoms with Crippen molar-refractivity contribution in [2.45, 2.75) is 33.6 Å². The van der Waals surface area contributed by atoms with Crippen molar-refractivity contribution in [2.75, 3.05) is 5.73 Å². The smallest absolute Gasteiger partial charge is 0.0343 e. The molecule has 0 aliphatic rings. The van der Waals surface area contributed by atoms with Crippen molar-refractivity contribution in [3.63, 3.8) is 0 Å². The Morgan fingerprint density at radius 1 is 1.31 bits per heavy atom. The summed E-state index contributed by atoms with van der Waals surface area (Å²) in [6.45, 7) is 6.57. The quantitative estimate of drug-likeness (QED) is 0.705. The Morgan fingerprint density at radius 3 is 2.54 bits per heavy atom. The molecule has 1 aromatic rings. The van der Waals surface area contributed by atoms with Gasteiger partial charge in [-0.25, -0.2) is 0 Å². The third-order valence-corrected chi connectivity index (χ3v) is 2.34. The maximum Gasteiger partial charge on any atom is 0.0343 e. The number of rotatable bonds is 3. The Kier molecular flexibility index (Phi) is 3.35. The van der Waals surface area contributed by atoms with Gasteiger partial charge in [0.05, 0.1) is 0 Å². The van der Waals surface area contributed by atoms with Gasteiger partial charge in [0, 0.05) is 5.69 Å². The molecular weight excluding hydrogens is 158 g/mol. The van der Waals surface area contributed by atoms with Crippen LogP contribution in [0.5, 0.6) is 0 Å². The summed E-state index contributed by atoms with van der Waals surface area (Å²) in [7, 11) is 0. The first kappa shape index (κ1) is 10.1. The molecular formula is C12H19N. The van der Waals surface area contributed by atoms with E-state index in [-0.39, 0.29) is 0 Å². The van der Waals surface area contributed by atoms with Gasteiger partial charge in [0.15, 0.2) is 0 Å². The zero-order valence-corrected chi connectivity index (χ0v) is 8.80. The molecule has 0 unspecified atom stereocenters. The minimum atomic E-state index is 0.776. The first-order valence-corrected chi connectivity index (χ1v) is 4.94. The largest absolute Gasteiger partial charge is 0.399 e. The summed E-state index contributed by atoms with van der Waals surface area (Å²) >= 11 is 0. The zero-order chi connectivity index (χ0) is 9.84. The Labute approximate surface area is 81.0 Å². The second-order valence-electron chi connectivity index (χ2n) is 4.12. The molecule has 0 aliphatic carbocycles. The monoisotopic (exact) mass is 177 g/mol. The molecule has 0 saturated carbocycles.